The van der Waals surface area contributed by atoms with Gasteiger partial charge in [-0.1, -0.05) is 70.5 Å². The first-order chi connectivity index (χ1) is 9.60. The fraction of sp³-hybridized carbons (Fsp3) is 0.875. The van der Waals surface area contributed by atoms with Crippen LogP contribution in [0.1, 0.15) is 84.0 Å². The summed E-state index contributed by atoms with van der Waals surface area (Å²) < 4.78 is 0. The Kier molecular flexibility index (Phi) is 8.12. The standard InChI is InChI=1S/C16H30N2OS/c1-2-3-4-5-6-8-11-14(19)18-16(15(17)20)12-9-7-10-13-16/h2-13H2,1H3,(H2,17,20)(H,18,19). The Bertz CT molecular complexity index is 312. The maximum absolute atomic E-state index is 12.1. The van der Waals surface area contributed by atoms with Crippen LogP contribution in [-0.2, 0) is 4.79 Å². The second kappa shape index (κ2) is 9.32. The SMILES string of the molecule is CCCCCCCCC(=O)NC1(C(N)=S)CCCCC1. The molecule has 20 heavy (non-hydrogen) atoms. The summed E-state index contributed by atoms with van der Waals surface area (Å²) in [7, 11) is 0. The molecule has 0 aliphatic heterocycles. The predicted octanol–water partition coefficient (Wildman–Crippen LogP) is 3.84. The maximum Gasteiger partial charge on any atom is 0.220 e. The van der Waals surface area contributed by atoms with Crippen LogP contribution in [0.2, 0.25) is 0 Å². The maximum atomic E-state index is 12.1. The van der Waals surface area contributed by atoms with Gasteiger partial charge < -0.3 is 11.1 Å². The van der Waals surface area contributed by atoms with Gasteiger partial charge in [-0.25, -0.2) is 0 Å². The zero-order valence-corrected chi connectivity index (χ0v) is 13.7. The Morgan fingerprint density at radius 2 is 1.70 bits per heavy atom. The van der Waals surface area contributed by atoms with Gasteiger partial charge in [-0.15, -0.1) is 0 Å². The molecule has 0 aromatic carbocycles. The first-order valence-electron chi connectivity index (χ1n) is 8.21. The average molecular weight is 298 g/mol. The van der Waals surface area contributed by atoms with E-state index in [9.17, 15) is 4.79 Å². The smallest absolute Gasteiger partial charge is 0.220 e. The summed E-state index contributed by atoms with van der Waals surface area (Å²) in [6, 6.07) is 0. The number of thiocarbonyl (C=S) groups is 1. The lowest BCUT2D eigenvalue weighted by molar-refractivity contribution is -0.122. The van der Waals surface area contributed by atoms with E-state index < -0.39 is 5.54 Å². The molecule has 0 aromatic heterocycles. The van der Waals surface area contributed by atoms with E-state index in [1.165, 1.54) is 32.1 Å². The molecule has 1 aliphatic carbocycles. The fourth-order valence-corrected chi connectivity index (χ4v) is 3.24. The first-order valence-corrected chi connectivity index (χ1v) is 8.62. The van der Waals surface area contributed by atoms with Crippen molar-refractivity contribution in [2.75, 3.05) is 0 Å². The number of carbonyl (C=O) groups excluding carboxylic acids is 1. The van der Waals surface area contributed by atoms with Crippen molar-refractivity contribution in [2.45, 2.75) is 89.5 Å². The van der Waals surface area contributed by atoms with Gasteiger partial charge in [0, 0.05) is 6.42 Å². The Hall–Kier alpha value is -0.640. The van der Waals surface area contributed by atoms with Crippen LogP contribution in [0, 0.1) is 0 Å². The van der Waals surface area contributed by atoms with Crippen LogP contribution in [0.5, 0.6) is 0 Å². The third-order valence-corrected chi connectivity index (χ3v) is 4.71. The van der Waals surface area contributed by atoms with Crippen LogP contribution in [0.25, 0.3) is 0 Å². The lowest BCUT2D eigenvalue weighted by Gasteiger charge is -2.37. The number of hydrogen-bond donors (Lipinski definition) is 2. The highest BCUT2D eigenvalue weighted by molar-refractivity contribution is 7.80. The first kappa shape index (κ1) is 17.4. The molecule has 1 rings (SSSR count). The number of nitrogens with two attached hydrogens (primary N) is 1. The summed E-state index contributed by atoms with van der Waals surface area (Å²) in [5, 5.41) is 3.13. The summed E-state index contributed by atoms with van der Waals surface area (Å²) in [5.41, 5.74) is 5.48. The number of carbonyl (C=O) groups is 1. The molecule has 3 nitrogen and oxygen atoms in total. The van der Waals surface area contributed by atoms with Crippen LogP contribution in [0.4, 0.5) is 0 Å². The number of rotatable bonds is 9. The van der Waals surface area contributed by atoms with Crippen molar-refractivity contribution in [2.24, 2.45) is 5.73 Å². The summed E-state index contributed by atoms with van der Waals surface area (Å²) in [4.78, 5) is 12.5. The van der Waals surface area contributed by atoms with Gasteiger partial charge in [-0.2, -0.15) is 0 Å². The zero-order valence-electron chi connectivity index (χ0n) is 12.9. The van der Waals surface area contributed by atoms with Gasteiger partial charge in [0.25, 0.3) is 0 Å². The quantitative estimate of drug-likeness (QED) is 0.502. The van der Waals surface area contributed by atoms with Crippen LogP contribution in [-0.4, -0.2) is 16.4 Å². The summed E-state index contributed by atoms with van der Waals surface area (Å²) in [6.07, 6.45) is 13.1. The van der Waals surface area contributed by atoms with E-state index in [4.69, 9.17) is 18.0 Å². The molecule has 1 aliphatic rings. The zero-order chi connectivity index (χ0) is 14.8. The number of unbranched alkanes of at least 4 members (excludes halogenated alkanes) is 5. The Labute approximate surface area is 129 Å². The van der Waals surface area contributed by atoms with E-state index in [0.29, 0.717) is 11.4 Å². The van der Waals surface area contributed by atoms with Gasteiger partial charge >= 0.3 is 0 Å². The molecule has 0 saturated heterocycles. The monoisotopic (exact) mass is 298 g/mol. The van der Waals surface area contributed by atoms with Crippen molar-refractivity contribution in [3.63, 3.8) is 0 Å². The second-order valence-corrected chi connectivity index (χ2v) is 6.51. The lowest BCUT2D eigenvalue weighted by atomic mass is 9.81. The third kappa shape index (κ3) is 5.78. The van der Waals surface area contributed by atoms with Crippen molar-refractivity contribution < 1.29 is 4.79 Å². The van der Waals surface area contributed by atoms with Crippen molar-refractivity contribution in [1.29, 1.82) is 0 Å². The molecule has 0 heterocycles. The molecule has 0 bridgehead atoms. The minimum atomic E-state index is -0.396. The van der Waals surface area contributed by atoms with Crippen LogP contribution in [0.3, 0.4) is 0 Å². The van der Waals surface area contributed by atoms with Gasteiger partial charge in [0.15, 0.2) is 0 Å². The number of nitrogens with one attached hydrogen (secondary N) is 1. The molecule has 4 heteroatoms. The van der Waals surface area contributed by atoms with E-state index in [-0.39, 0.29) is 5.91 Å². The Morgan fingerprint density at radius 1 is 1.10 bits per heavy atom. The van der Waals surface area contributed by atoms with Gasteiger partial charge in [0.2, 0.25) is 5.91 Å². The minimum Gasteiger partial charge on any atom is -0.391 e. The molecule has 1 fully saturated rings. The highest BCUT2D eigenvalue weighted by atomic mass is 32.1. The third-order valence-electron chi connectivity index (χ3n) is 4.31. The Morgan fingerprint density at radius 3 is 2.30 bits per heavy atom. The molecule has 0 radical (unpaired) electrons. The van der Waals surface area contributed by atoms with Crippen LogP contribution >= 0.6 is 12.2 Å². The summed E-state index contributed by atoms with van der Waals surface area (Å²) in [6.45, 7) is 2.22. The number of amides is 1. The largest absolute Gasteiger partial charge is 0.391 e. The molecule has 1 amide bonds. The van der Waals surface area contributed by atoms with E-state index in [2.05, 4.69) is 12.2 Å². The molecule has 0 spiro atoms. The molecule has 0 aromatic rings. The normalized spacial score (nSPS) is 17.6. The van der Waals surface area contributed by atoms with Crippen molar-refractivity contribution >= 4 is 23.1 Å². The topological polar surface area (TPSA) is 55.1 Å². The Balaban J connectivity index is 2.27. The van der Waals surface area contributed by atoms with Crippen LogP contribution < -0.4 is 11.1 Å². The molecule has 0 unspecified atom stereocenters. The van der Waals surface area contributed by atoms with Crippen molar-refractivity contribution in [3.8, 4) is 0 Å². The van der Waals surface area contributed by atoms with E-state index in [0.717, 1.165) is 38.5 Å². The van der Waals surface area contributed by atoms with Gasteiger partial charge in [0.05, 0.1) is 10.5 Å². The fourth-order valence-electron chi connectivity index (χ4n) is 2.98. The highest BCUT2D eigenvalue weighted by Gasteiger charge is 2.36. The van der Waals surface area contributed by atoms with Crippen molar-refractivity contribution in [3.05, 3.63) is 0 Å². The molecule has 3 N–H and O–H groups in total. The van der Waals surface area contributed by atoms with Crippen LogP contribution in [0.15, 0.2) is 0 Å². The lowest BCUT2D eigenvalue weighted by Crippen LogP contribution is -2.57. The summed E-state index contributed by atoms with van der Waals surface area (Å²) >= 11 is 5.19. The summed E-state index contributed by atoms with van der Waals surface area (Å²) in [5.74, 6) is 0.121. The molecule has 0 atom stereocenters. The van der Waals surface area contributed by atoms with E-state index >= 15 is 0 Å². The molecule has 116 valence electrons. The minimum absolute atomic E-state index is 0.121. The molecular formula is C16H30N2OS. The van der Waals surface area contributed by atoms with Gasteiger partial charge in [0.1, 0.15) is 0 Å². The van der Waals surface area contributed by atoms with Gasteiger partial charge in [-0.05, 0) is 19.3 Å². The molecular weight excluding hydrogens is 268 g/mol. The number of hydrogen-bond acceptors (Lipinski definition) is 2. The van der Waals surface area contributed by atoms with Gasteiger partial charge in [-0.3, -0.25) is 4.79 Å². The van der Waals surface area contributed by atoms with E-state index in [1.807, 2.05) is 0 Å². The second-order valence-electron chi connectivity index (χ2n) is 6.07. The predicted molar refractivity (Wildman–Crippen MR) is 88.7 cm³/mol. The van der Waals surface area contributed by atoms with E-state index in [1.54, 1.807) is 0 Å². The average Bonchev–Trinajstić information content (AvgIpc) is 2.43. The van der Waals surface area contributed by atoms with Crippen molar-refractivity contribution in [1.82, 2.24) is 5.32 Å². The molecule has 1 saturated carbocycles. The highest BCUT2D eigenvalue weighted by Crippen LogP contribution is 2.28.